The Bertz CT molecular complexity index is 1390. The van der Waals surface area contributed by atoms with Gasteiger partial charge in [0.15, 0.2) is 4.96 Å². The molecule has 0 bridgehead atoms. The molecule has 1 saturated carbocycles. The van der Waals surface area contributed by atoms with Gasteiger partial charge in [0.2, 0.25) is 0 Å². The highest BCUT2D eigenvalue weighted by Crippen LogP contribution is 2.41. The summed E-state index contributed by atoms with van der Waals surface area (Å²) in [5, 5.41) is 7.21. The molecule has 1 fully saturated rings. The molecule has 6 rings (SSSR count). The summed E-state index contributed by atoms with van der Waals surface area (Å²) in [6, 6.07) is 3.80. The van der Waals surface area contributed by atoms with Crippen LogP contribution in [0.25, 0.3) is 21.9 Å². The summed E-state index contributed by atoms with van der Waals surface area (Å²) in [6.45, 7) is 3.91. The van der Waals surface area contributed by atoms with Crippen LogP contribution < -0.4 is 5.32 Å². The van der Waals surface area contributed by atoms with Gasteiger partial charge in [-0.05, 0) is 50.4 Å². The van der Waals surface area contributed by atoms with E-state index in [1.807, 2.05) is 29.7 Å². The lowest BCUT2D eigenvalue weighted by Crippen LogP contribution is -2.23. The van der Waals surface area contributed by atoms with Gasteiger partial charge in [-0.25, -0.2) is 4.98 Å². The zero-order valence-electron chi connectivity index (χ0n) is 18.5. The van der Waals surface area contributed by atoms with Crippen molar-refractivity contribution in [1.82, 2.24) is 24.4 Å². The Labute approximate surface area is 194 Å². The van der Waals surface area contributed by atoms with E-state index in [1.165, 1.54) is 10.5 Å². The monoisotopic (exact) mass is 460 g/mol. The molecule has 1 N–H and O–H groups in total. The van der Waals surface area contributed by atoms with Crippen molar-refractivity contribution >= 4 is 33.5 Å². The van der Waals surface area contributed by atoms with Gasteiger partial charge >= 0.3 is 0 Å². The number of hydrogen-bond donors (Lipinski definition) is 1. The van der Waals surface area contributed by atoms with Gasteiger partial charge in [0.05, 0.1) is 16.8 Å². The van der Waals surface area contributed by atoms with Crippen LogP contribution >= 0.6 is 11.3 Å². The van der Waals surface area contributed by atoms with Crippen LogP contribution in [0.2, 0.25) is 0 Å². The van der Waals surface area contributed by atoms with Crippen molar-refractivity contribution in [2.45, 2.75) is 32.1 Å². The number of likely N-dealkylation sites (N-methyl/N-ethyl adjacent to an activating group) is 1. The number of carbonyl (C=O) groups is 1. The van der Waals surface area contributed by atoms with Gasteiger partial charge in [-0.3, -0.25) is 14.2 Å². The average molecular weight is 461 g/mol. The number of carbonyl (C=O) groups excluding carboxylic acids is 1. The number of aromatic nitrogens is 4. The molecule has 8 nitrogen and oxygen atoms in total. The zero-order chi connectivity index (χ0) is 22.5. The third-order valence-corrected chi connectivity index (χ3v) is 7.37. The maximum Gasteiger partial charge on any atom is 0.274 e. The first-order valence-electron chi connectivity index (χ1n) is 11.1. The number of nitrogens with zero attached hydrogens (tertiary/aromatic N) is 5. The first-order valence-corrected chi connectivity index (χ1v) is 12.0. The number of anilines is 1. The molecule has 2 aliphatic rings. The standard InChI is InChI=1S/C24H24N6O2S/c1-14-11-25-18(19-10-21(32-28-19)15-3-4-15)9-17(14)27-23(31)20-12-26-24-30(20)13-22(33-24)16-5-7-29(2)8-6-16/h5,9-13,15H,3-4,6-8H2,1-2H3,(H,25,27,31). The molecule has 1 aliphatic carbocycles. The van der Waals surface area contributed by atoms with Crippen LogP contribution in [0.4, 0.5) is 5.69 Å². The van der Waals surface area contributed by atoms with Crippen LogP contribution in [0.1, 0.15) is 51.9 Å². The molecule has 0 spiro atoms. The molecule has 1 aliphatic heterocycles. The maximum atomic E-state index is 13.2. The second kappa shape index (κ2) is 7.93. The minimum Gasteiger partial charge on any atom is -0.360 e. The maximum absolute atomic E-state index is 13.2. The fraction of sp³-hybridized carbons (Fsp3) is 0.333. The molecule has 168 valence electrons. The summed E-state index contributed by atoms with van der Waals surface area (Å²) in [5.74, 6) is 1.19. The van der Waals surface area contributed by atoms with Crippen LogP contribution in [0.3, 0.4) is 0 Å². The van der Waals surface area contributed by atoms with Gasteiger partial charge in [-0.1, -0.05) is 22.6 Å². The molecular weight excluding hydrogens is 436 g/mol. The number of nitrogens with one attached hydrogen (secondary N) is 1. The van der Waals surface area contributed by atoms with Crippen molar-refractivity contribution in [3.8, 4) is 11.4 Å². The highest BCUT2D eigenvalue weighted by molar-refractivity contribution is 7.18. The van der Waals surface area contributed by atoms with Gasteiger partial charge in [-0.2, -0.15) is 0 Å². The Morgan fingerprint density at radius 2 is 2.09 bits per heavy atom. The number of fused-ring (bicyclic) bond motifs is 1. The molecule has 0 atom stereocenters. The molecule has 9 heteroatoms. The van der Waals surface area contributed by atoms with E-state index in [9.17, 15) is 4.79 Å². The van der Waals surface area contributed by atoms with E-state index in [-0.39, 0.29) is 5.91 Å². The third-order valence-electron chi connectivity index (χ3n) is 6.29. The summed E-state index contributed by atoms with van der Waals surface area (Å²) in [5.41, 5.74) is 4.77. The van der Waals surface area contributed by atoms with Crippen molar-refractivity contribution in [2.75, 3.05) is 25.5 Å². The minimum absolute atomic E-state index is 0.205. The SMILES string of the molecule is Cc1cnc(-c2cc(C3CC3)on2)cc1NC(=O)c1cnc2sc(C3=CCN(C)CC3)cn12. The Morgan fingerprint density at radius 1 is 1.21 bits per heavy atom. The highest BCUT2D eigenvalue weighted by Gasteiger charge is 2.28. The smallest absolute Gasteiger partial charge is 0.274 e. The summed E-state index contributed by atoms with van der Waals surface area (Å²) >= 11 is 1.62. The van der Waals surface area contributed by atoms with E-state index >= 15 is 0 Å². The number of amides is 1. The van der Waals surface area contributed by atoms with E-state index in [0.717, 1.165) is 48.6 Å². The van der Waals surface area contributed by atoms with Crippen molar-refractivity contribution in [2.24, 2.45) is 0 Å². The Morgan fingerprint density at radius 3 is 2.88 bits per heavy atom. The van der Waals surface area contributed by atoms with E-state index < -0.39 is 0 Å². The van der Waals surface area contributed by atoms with Crippen LogP contribution in [0, 0.1) is 6.92 Å². The summed E-state index contributed by atoms with van der Waals surface area (Å²) < 4.78 is 7.34. The Hall–Kier alpha value is -3.30. The predicted octanol–water partition coefficient (Wildman–Crippen LogP) is 4.60. The fourth-order valence-corrected chi connectivity index (χ4v) is 5.08. The highest BCUT2D eigenvalue weighted by atomic mass is 32.1. The quantitative estimate of drug-likeness (QED) is 0.468. The molecule has 0 saturated heterocycles. The molecule has 0 radical (unpaired) electrons. The average Bonchev–Trinajstić information content (AvgIpc) is 3.20. The number of imidazole rings is 1. The van der Waals surface area contributed by atoms with Gasteiger partial charge in [-0.15, -0.1) is 0 Å². The normalized spacial score (nSPS) is 16.8. The van der Waals surface area contributed by atoms with E-state index in [4.69, 9.17) is 4.52 Å². The largest absolute Gasteiger partial charge is 0.360 e. The first kappa shape index (κ1) is 20.3. The number of hydrogen-bond acceptors (Lipinski definition) is 7. The van der Waals surface area contributed by atoms with Crippen LogP contribution in [0.5, 0.6) is 0 Å². The molecule has 0 unspecified atom stereocenters. The van der Waals surface area contributed by atoms with E-state index in [0.29, 0.717) is 28.7 Å². The van der Waals surface area contributed by atoms with Crippen LogP contribution in [-0.4, -0.2) is 50.5 Å². The van der Waals surface area contributed by atoms with Crippen molar-refractivity contribution in [3.05, 3.63) is 58.7 Å². The molecular formula is C24H24N6O2S. The second-order valence-corrected chi connectivity index (χ2v) is 9.87. The van der Waals surface area contributed by atoms with E-state index in [2.05, 4.69) is 38.5 Å². The lowest BCUT2D eigenvalue weighted by molar-refractivity contribution is 0.102. The number of thiazole rings is 1. The van der Waals surface area contributed by atoms with Gasteiger partial charge in [0.1, 0.15) is 17.1 Å². The van der Waals surface area contributed by atoms with Crippen LogP contribution in [-0.2, 0) is 0 Å². The molecule has 5 heterocycles. The zero-order valence-corrected chi connectivity index (χ0v) is 19.4. The number of rotatable bonds is 5. The summed E-state index contributed by atoms with van der Waals surface area (Å²) in [6.07, 6.45) is 11.0. The Kier molecular flexibility index (Phi) is 4.88. The summed E-state index contributed by atoms with van der Waals surface area (Å²) in [7, 11) is 2.12. The van der Waals surface area contributed by atoms with Crippen molar-refractivity contribution in [1.29, 1.82) is 0 Å². The van der Waals surface area contributed by atoms with Gasteiger partial charge in [0.25, 0.3) is 5.91 Å². The van der Waals surface area contributed by atoms with Crippen molar-refractivity contribution in [3.63, 3.8) is 0 Å². The molecule has 33 heavy (non-hydrogen) atoms. The predicted molar refractivity (Wildman–Crippen MR) is 128 cm³/mol. The lowest BCUT2D eigenvalue weighted by atomic mass is 10.1. The third kappa shape index (κ3) is 3.87. The molecule has 1 amide bonds. The van der Waals surface area contributed by atoms with Gasteiger partial charge in [0, 0.05) is 43.2 Å². The summed E-state index contributed by atoms with van der Waals surface area (Å²) in [4.78, 5) is 26.4. The Balaban J connectivity index is 1.26. The number of aryl methyl sites for hydroxylation is 1. The molecule has 0 aromatic carbocycles. The van der Waals surface area contributed by atoms with E-state index in [1.54, 1.807) is 23.7 Å². The topological polar surface area (TPSA) is 88.6 Å². The molecule has 4 aromatic rings. The molecule has 4 aromatic heterocycles. The lowest BCUT2D eigenvalue weighted by Gasteiger charge is -2.20. The first-order chi connectivity index (χ1) is 16.0. The fourth-order valence-electron chi connectivity index (χ4n) is 4.05. The van der Waals surface area contributed by atoms with Gasteiger partial charge < -0.3 is 14.7 Å². The minimum atomic E-state index is -0.205. The second-order valence-electron chi connectivity index (χ2n) is 8.86. The number of pyridine rings is 1. The van der Waals surface area contributed by atoms with Crippen LogP contribution in [0.15, 0.2) is 41.3 Å². The van der Waals surface area contributed by atoms with Crippen molar-refractivity contribution < 1.29 is 9.32 Å².